The monoisotopic (exact) mass is 407 g/mol. The molecular weight excluding hydrogens is 384 g/mol. The molecule has 1 saturated carbocycles. The summed E-state index contributed by atoms with van der Waals surface area (Å²) in [6.07, 6.45) is 6.07. The number of ether oxygens (including phenoxy) is 1. The Morgan fingerprint density at radius 3 is 2.71 bits per heavy atom. The molecule has 0 radical (unpaired) electrons. The van der Waals surface area contributed by atoms with Gasteiger partial charge in [-0.3, -0.25) is 0 Å². The van der Waals surface area contributed by atoms with Gasteiger partial charge >= 0.3 is 0 Å². The van der Waals surface area contributed by atoms with Crippen LogP contribution in [0.5, 0.6) is 5.75 Å². The predicted octanol–water partition coefficient (Wildman–Crippen LogP) is 3.19. The van der Waals surface area contributed by atoms with Crippen molar-refractivity contribution in [1.82, 2.24) is 5.32 Å². The largest absolute Gasteiger partial charge is 0.497 e. The van der Waals surface area contributed by atoms with Gasteiger partial charge in [0.25, 0.3) is 0 Å². The van der Waals surface area contributed by atoms with Crippen molar-refractivity contribution in [3.63, 3.8) is 0 Å². The number of halogens is 2. The summed E-state index contributed by atoms with van der Waals surface area (Å²) in [4.78, 5) is 4.27. The van der Waals surface area contributed by atoms with Crippen molar-refractivity contribution in [2.24, 2.45) is 10.7 Å². The molecule has 2 rings (SSSR count). The van der Waals surface area contributed by atoms with Gasteiger partial charge in [-0.15, -0.1) is 24.0 Å². The molecule has 1 fully saturated rings. The number of aliphatic imine (C=N–C) groups is 1. The molecule has 21 heavy (non-hydrogen) atoms. The summed E-state index contributed by atoms with van der Waals surface area (Å²) in [6, 6.07) is 4.98. The lowest BCUT2D eigenvalue weighted by molar-refractivity contribution is 0.410. The van der Waals surface area contributed by atoms with E-state index in [0.717, 1.165) is 18.4 Å². The van der Waals surface area contributed by atoms with Gasteiger partial charge in [-0.1, -0.05) is 19.3 Å². The van der Waals surface area contributed by atoms with Crippen LogP contribution in [0.2, 0.25) is 0 Å². The van der Waals surface area contributed by atoms with Crippen LogP contribution in [0.4, 0.5) is 4.39 Å². The molecule has 0 unspecified atom stereocenters. The minimum absolute atomic E-state index is 0. The topological polar surface area (TPSA) is 59.6 Å². The van der Waals surface area contributed by atoms with E-state index < -0.39 is 0 Å². The second-order valence-corrected chi connectivity index (χ2v) is 5.18. The van der Waals surface area contributed by atoms with Gasteiger partial charge in [-0.2, -0.15) is 0 Å². The Bertz CT molecular complexity index is 476. The molecule has 0 saturated heterocycles. The van der Waals surface area contributed by atoms with Crippen molar-refractivity contribution in [1.29, 1.82) is 0 Å². The second-order valence-electron chi connectivity index (χ2n) is 5.18. The predicted molar refractivity (Wildman–Crippen MR) is 93.7 cm³/mol. The Morgan fingerprint density at radius 2 is 2.05 bits per heavy atom. The van der Waals surface area contributed by atoms with Gasteiger partial charge < -0.3 is 15.8 Å². The quantitative estimate of drug-likeness (QED) is 0.458. The minimum Gasteiger partial charge on any atom is -0.497 e. The summed E-state index contributed by atoms with van der Waals surface area (Å²) in [7, 11) is 1.51. The maximum atomic E-state index is 13.3. The molecule has 1 aromatic carbocycles. The Morgan fingerprint density at radius 1 is 1.33 bits per heavy atom. The Kier molecular flexibility index (Phi) is 7.77. The highest BCUT2D eigenvalue weighted by Gasteiger charge is 2.13. The average molecular weight is 407 g/mol. The standard InChI is InChI=1S/C15H22FN3O.HI/c1-20-14-8-11(7-12(16)9-14)10-18-15(17)19-13-5-3-2-4-6-13;/h7-9,13H,2-6,10H2,1H3,(H3,17,18,19);1H. The van der Waals surface area contributed by atoms with Gasteiger partial charge in [0.15, 0.2) is 5.96 Å². The third-order valence-corrected chi connectivity index (χ3v) is 3.56. The van der Waals surface area contributed by atoms with Crippen LogP contribution in [0.1, 0.15) is 37.7 Å². The van der Waals surface area contributed by atoms with E-state index in [4.69, 9.17) is 10.5 Å². The zero-order valence-electron chi connectivity index (χ0n) is 12.3. The van der Waals surface area contributed by atoms with Crippen molar-refractivity contribution in [3.8, 4) is 5.75 Å². The summed E-state index contributed by atoms with van der Waals surface area (Å²) >= 11 is 0. The molecule has 0 heterocycles. The summed E-state index contributed by atoms with van der Waals surface area (Å²) < 4.78 is 18.4. The fraction of sp³-hybridized carbons (Fsp3) is 0.533. The number of nitrogens with one attached hydrogen (secondary N) is 1. The van der Waals surface area contributed by atoms with Crippen molar-refractivity contribution >= 4 is 29.9 Å². The van der Waals surface area contributed by atoms with E-state index in [2.05, 4.69) is 10.3 Å². The first-order valence-electron chi connectivity index (χ1n) is 7.07. The third kappa shape index (κ3) is 6.07. The van der Waals surface area contributed by atoms with E-state index in [9.17, 15) is 4.39 Å². The molecule has 4 nitrogen and oxygen atoms in total. The number of guanidine groups is 1. The maximum absolute atomic E-state index is 13.3. The average Bonchev–Trinajstić information content (AvgIpc) is 2.45. The summed E-state index contributed by atoms with van der Waals surface area (Å²) in [5.41, 5.74) is 6.62. The number of benzene rings is 1. The highest BCUT2D eigenvalue weighted by molar-refractivity contribution is 14.0. The van der Waals surface area contributed by atoms with Crippen LogP contribution in [0.25, 0.3) is 0 Å². The molecule has 0 amide bonds. The molecule has 0 spiro atoms. The summed E-state index contributed by atoms with van der Waals surface area (Å²) in [5.74, 6) is 0.600. The van der Waals surface area contributed by atoms with Crippen molar-refractivity contribution < 1.29 is 9.13 Å². The number of methoxy groups -OCH3 is 1. The maximum Gasteiger partial charge on any atom is 0.189 e. The van der Waals surface area contributed by atoms with Gasteiger partial charge in [0.2, 0.25) is 0 Å². The first kappa shape index (κ1) is 18.0. The number of hydrogen-bond acceptors (Lipinski definition) is 2. The van der Waals surface area contributed by atoms with Gasteiger partial charge in [0, 0.05) is 12.1 Å². The van der Waals surface area contributed by atoms with Gasteiger partial charge in [-0.25, -0.2) is 9.38 Å². The van der Waals surface area contributed by atoms with Crippen molar-refractivity contribution in [3.05, 3.63) is 29.6 Å². The molecule has 6 heteroatoms. The fourth-order valence-corrected chi connectivity index (χ4v) is 2.51. The van der Waals surface area contributed by atoms with Crippen LogP contribution in [0.3, 0.4) is 0 Å². The van der Waals surface area contributed by atoms with Crippen LogP contribution in [0.15, 0.2) is 23.2 Å². The van der Waals surface area contributed by atoms with E-state index in [-0.39, 0.29) is 29.8 Å². The SMILES string of the molecule is COc1cc(F)cc(CN=C(N)NC2CCCCC2)c1.I. The third-order valence-electron chi connectivity index (χ3n) is 3.56. The molecular formula is C15H23FIN3O. The number of nitrogens with zero attached hydrogens (tertiary/aromatic N) is 1. The van der Waals surface area contributed by atoms with Crippen LogP contribution in [-0.2, 0) is 6.54 Å². The second kappa shape index (κ2) is 9.07. The Hall–Kier alpha value is -1.05. The highest BCUT2D eigenvalue weighted by atomic mass is 127. The van der Waals surface area contributed by atoms with Crippen LogP contribution in [-0.4, -0.2) is 19.1 Å². The number of nitrogens with two attached hydrogens (primary N) is 1. The Balaban J connectivity index is 0.00000220. The molecule has 0 aromatic heterocycles. The van der Waals surface area contributed by atoms with Crippen LogP contribution < -0.4 is 15.8 Å². The minimum atomic E-state index is -0.326. The molecule has 0 aliphatic heterocycles. The number of rotatable bonds is 4. The summed E-state index contributed by atoms with van der Waals surface area (Å²) in [6.45, 7) is 0.347. The van der Waals surface area contributed by atoms with E-state index in [1.54, 1.807) is 6.07 Å². The fourth-order valence-electron chi connectivity index (χ4n) is 2.51. The molecule has 118 valence electrons. The lowest BCUT2D eigenvalue weighted by Crippen LogP contribution is -2.41. The Labute approximate surface area is 142 Å². The van der Waals surface area contributed by atoms with E-state index >= 15 is 0 Å². The smallest absolute Gasteiger partial charge is 0.189 e. The number of hydrogen-bond donors (Lipinski definition) is 2. The highest BCUT2D eigenvalue weighted by Crippen LogP contribution is 2.18. The lowest BCUT2D eigenvalue weighted by atomic mass is 9.96. The normalized spacial score (nSPS) is 16.2. The first-order chi connectivity index (χ1) is 9.67. The molecule has 0 bridgehead atoms. The zero-order valence-corrected chi connectivity index (χ0v) is 14.6. The van der Waals surface area contributed by atoms with Crippen LogP contribution >= 0.6 is 24.0 Å². The first-order valence-corrected chi connectivity index (χ1v) is 7.07. The van der Waals surface area contributed by atoms with E-state index in [1.807, 2.05) is 0 Å². The van der Waals surface area contributed by atoms with E-state index in [1.165, 1.54) is 38.5 Å². The summed E-state index contributed by atoms with van der Waals surface area (Å²) in [5, 5.41) is 3.24. The van der Waals surface area contributed by atoms with Crippen LogP contribution in [0, 0.1) is 5.82 Å². The van der Waals surface area contributed by atoms with Gasteiger partial charge in [-0.05, 0) is 30.5 Å². The molecule has 1 aliphatic carbocycles. The molecule has 0 atom stereocenters. The molecule has 1 aromatic rings. The lowest BCUT2D eigenvalue weighted by Gasteiger charge is -2.23. The zero-order chi connectivity index (χ0) is 14.4. The molecule has 1 aliphatic rings. The van der Waals surface area contributed by atoms with Gasteiger partial charge in [0.05, 0.1) is 13.7 Å². The van der Waals surface area contributed by atoms with Crippen molar-refractivity contribution in [2.75, 3.05) is 7.11 Å². The van der Waals surface area contributed by atoms with E-state index in [0.29, 0.717) is 24.3 Å². The molecule has 3 N–H and O–H groups in total. The van der Waals surface area contributed by atoms with Gasteiger partial charge in [0.1, 0.15) is 11.6 Å². The van der Waals surface area contributed by atoms with Crippen molar-refractivity contribution in [2.45, 2.75) is 44.7 Å².